The first kappa shape index (κ1) is 18.5. The molecule has 0 radical (unpaired) electrons. The van der Waals surface area contributed by atoms with Gasteiger partial charge >= 0.3 is 5.82 Å². The summed E-state index contributed by atoms with van der Waals surface area (Å²) in [6.45, 7) is 0.467. The number of ether oxygens (including phenoxy) is 1. The van der Waals surface area contributed by atoms with Crippen molar-refractivity contribution in [1.82, 2.24) is 14.5 Å². The third-order valence-corrected chi connectivity index (χ3v) is 5.08. The maximum absolute atomic E-state index is 11.3. The molecule has 4 rings (SSSR count). The summed E-state index contributed by atoms with van der Waals surface area (Å²) in [6.07, 6.45) is 3.44. The van der Waals surface area contributed by atoms with Crippen molar-refractivity contribution in [2.45, 2.75) is 5.92 Å². The van der Waals surface area contributed by atoms with Gasteiger partial charge < -0.3 is 25.2 Å². The molecule has 0 aliphatic carbocycles. The number of imidazole rings is 1. The van der Waals surface area contributed by atoms with E-state index in [0.29, 0.717) is 12.4 Å². The van der Waals surface area contributed by atoms with E-state index in [-0.39, 0.29) is 11.7 Å². The van der Waals surface area contributed by atoms with Crippen molar-refractivity contribution in [3.63, 3.8) is 0 Å². The fourth-order valence-corrected chi connectivity index (χ4v) is 3.58. The normalized spacial score (nSPS) is 12.1. The molecule has 1 unspecified atom stereocenters. The van der Waals surface area contributed by atoms with Gasteiger partial charge in [-0.05, 0) is 39.2 Å². The SMILES string of the molecule is COc1ccc(C(CNc2c([N+](=O)[O-])ncn2C)c2c[nH]c3ccccc23)cc1. The van der Waals surface area contributed by atoms with Crippen molar-refractivity contribution in [3.05, 3.63) is 82.3 Å². The molecule has 8 heteroatoms. The maximum Gasteiger partial charge on any atom is 0.406 e. The Labute approximate surface area is 167 Å². The number of benzene rings is 2. The van der Waals surface area contributed by atoms with Crippen molar-refractivity contribution in [1.29, 1.82) is 0 Å². The number of nitro groups is 1. The van der Waals surface area contributed by atoms with Crippen molar-refractivity contribution in [3.8, 4) is 5.75 Å². The van der Waals surface area contributed by atoms with Crippen molar-refractivity contribution < 1.29 is 9.66 Å². The van der Waals surface area contributed by atoms with Crippen LogP contribution < -0.4 is 10.1 Å². The molecule has 0 bridgehead atoms. The minimum atomic E-state index is -0.476. The second-order valence-electron chi connectivity index (χ2n) is 6.78. The maximum atomic E-state index is 11.3. The van der Waals surface area contributed by atoms with Gasteiger partial charge in [0, 0.05) is 36.6 Å². The summed E-state index contributed by atoms with van der Waals surface area (Å²) < 4.78 is 6.90. The minimum Gasteiger partial charge on any atom is -0.497 e. The molecule has 0 saturated carbocycles. The Kier molecular flexibility index (Phi) is 4.90. The van der Waals surface area contributed by atoms with Crippen molar-refractivity contribution in [2.75, 3.05) is 19.0 Å². The van der Waals surface area contributed by atoms with Crippen LogP contribution in [-0.2, 0) is 7.05 Å². The van der Waals surface area contributed by atoms with Crippen LogP contribution in [-0.4, -0.2) is 33.1 Å². The fourth-order valence-electron chi connectivity index (χ4n) is 3.58. The molecule has 4 aromatic rings. The van der Waals surface area contributed by atoms with Crippen LogP contribution in [0.5, 0.6) is 5.75 Å². The smallest absolute Gasteiger partial charge is 0.406 e. The van der Waals surface area contributed by atoms with Crippen LogP contribution in [0.2, 0.25) is 0 Å². The Balaban J connectivity index is 1.72. The first-order valence-corrected chi connectivity index (χ1v) is 9.18. The summed E-state index contributed by atoms with van der Waals surface area (Å²) in [6, 6.07) is 16.0. The first-order valence-electron chi connectivity index (χ1n) is 9.18. The van der Waals surface area contributed by atoms with E-state index in [1.807, 2.05) is 48.7 Å². The number of aryl methyl sites for hydroxylation is 1. The second-order valence-corrected chi connectivity index (χ2v) is 6.78. The lowest BCUT2D eigenvalue weighted by Gasteiger charge is -2.19. The number of aromatic nitrogens is 3. The van der Waals surface area contributed by atoms with E-state index in [2.05, 4.69) is 21.4 Å². The molecule has 148 valence electrons. The van der Waals surface area contributed by atoms with Gasteiger partial charge in [-0.25, -0.2) is 0 Å². The number of aromatic amines is 1. The van der Waals surface area contributed by atoms with Gasteiger partial charge in [0.2, 0.25) is 12.1 Å². The number of anilines is 1. The number of nitrogens with one attached hydrogen (secondary N) is 2. The summed E-state index contributed by atoms with van der Waals surface area (Å²) in [5, 5.41) is 15.7. The summed E-state index contributed by atoms with van der Waals surface area (Å²) in [5.74, 6) is 0.946. The highest BCUT2D eigenvalue weighted by molar-refractivity contribution is 5.84. The number of H-pyrrole nitrogens is 1. The van der Waals surface area contributed by atoms with Crippen molar-refractivity contribution >= 4 is 22.5 Å². The lowest BCUT2D eigenvalue weighted by atomic mass is 9.91. The number of rotatable bonds is 7. The molecule has 1 atom stereocenters. The van der Waals surface area contributed by atoms with E-state index in [4.69, 9.17) is 4.74 Å². The highest BCUT2D eigenvalue weighted by atomic mass is 16.6. The van der Waals surface area contributed by atoms with E-state index in [1.54, 1.807) is 18.7 Å². The number of hydrogen-bond donors (Lipinski definition) is 2. The zero-order valence-corrected chi connectivity index (χ0v) is 16.1. The van der Waals surface area contributed by atoms with E-state index in [9.17, 15) is 10.1 Å². The number of para-hydroxylation sites is 1. The molecule has 2 heterocycles. The average Bonchev–Trinajstić information content (AvgIpc) is 3.33. The molecule has 0 saturated heterocycles. The number of methoxy groups -OCH3 is 1. The van der Waals surface area contributed by atoms with E-state index < -0.39 is 4.92 Å². The molecule has 29 heavy (non-hydrogen) atoms. The molecule has 0 spiro atoms. The number of nitrogens with zero attached hydrogens (tertiary/aromatic N) is 3. The molecule has 2 aromatic heterocycles. The predicted octanol–water partition coefficient (Wildman–Crippen LogP) is 4.06. The van der Waals surface area contributed by atoms with E-state index >= 15 is 0 Å². The third kappa shape index (κ3) is 3.52. The van der Waals surface area contributed by atoms with E-state index in [0.717, 1.165) is 27.8 Å². The average molecular weight is 391 g/mol. The molecule has 0 aliphatic rings. The van der Waals surface area contributed by atoms with Gasteiger partial charge in [0.15, 0.2) is 0 Å². The van der Waals surface area contributed by atoms with Gasteiger partial charge in [-0.1, -0.05) is 30.3 Å². The molecule has 0 aliphatic heterocycles. The van der Waals surface area contributed by atoms with Crippen molar-refractivity contribution in [2.24, 2.45) is 7.05 Å². The molecule has 2 N–H and O–H groups in total. The quantitative estimate of drug-likeness (QED) is 0.366. The number of fused-ring (bicyclic) bond motifs is 1. The molecule has 0 amide bonds. The summed E-state index contributed by atoms with van der Waals surface area (Å²) in [5.41, 5.74) is 3.24. The molecule has 2 aromatic carbocycles. The van der Waals surface area contributed by atoms with Crippen LogP contribution in [0.4, 0.5) is 11.6 Å². The molecule has 0 fully saturated rings. The van der Waals surface area contributed by atoms with Gasteiger partial charge in [-0.15, -0.1) is 0 Å². The van der Waals surface area contributed by atoms with Crippen LogP contribution in [0.1, 0.15) is 17.0 Å². The Morgan fingerprint density at radius 1 is 1.24 bits per heavy atom. The van der Waals surface area contributed by atoms with Crippen LogP contribution in [0, 0.1) is 10.1 Å². The molecule has 8 nitrogen and oxygen atoms in total. The van der Waals surface area contributed by atoms with Crippen LogP contribution in [0.3, 0.4) is 0 Å². The predicted molar refractivity (Wildman–Crippen MR) is 111 cm³/mol. The molecular weight excluding hydrogens is 370 g/mol. The summed E-state index contributed by atoms with van der Waals surface area (Å²) >= 11 is 0. The largest absolute Gasteiger partial charge is 0.497 e. The minimum absolute atomic E-state index is 0.0356. The van der Waals surface area contributed by atoms with Crippen LogP contribution >= 0.6 is 0 Å². The Morgan fingerprint density at radius 3 is 2.72 bits per heavy atom. The zero-order chi connectivity index (χ0) is 20.4. The van der Waals surface area contributed by atoms with Crippen LogP contribution in [0.25, 0.3) is 10.9 Å². The Hall–Kier alpha value is -3.81. The summed E-state index contributed by atoms with van der Waals surface area (Å²) in [7, 11) is 3.37. The zero-order valence-electron chi connectivity index (χ0n) is 16.1. The van der Waals surface area contributed by atoms with Gasteiger partial charge in [0.1, 0.15) is 5.75 Å². The van der Waals surface area contributed by atoms with Crippen LogP contribution in [0.15, 0.2) is 61.1 Å². The highest BCUT2D eigenvalue weighted by Gasteiger charge is 2.23. The Bertz CT molecular complexity index is 1150. The van der Waals surface area contributed by atoms with E-state index in [1.165, 1.54) is 6.33 Å². The fraction of sp³-hybridized carbons (Fsp3) is 0.190. The lowest BCUT2D eigenvalue weighted by molar-refractivity contribution is -0.388. The third-order valence-electron chi connectivity index (χ3n) is 5.08. The second kappa shape index (κ2) is 7.67. The topological polar surface area (TPSA) is 98.0 Å². The Morgan fingerprint density at radius 2 is 2.00 bits per heavy atom. The molecular formula is C21H21N5O3. The highest BCUT2D eigenvalue weighted by Crippen LogP contribution is 2.33. The summed E-state index contributed by atoms with van der Waals surface area (Å²) in [4.78, 5) is 18.0. The lowest BCUT2D eigenvalue weighted by Crippen LogP contribution is -2.16. The monoisotopic (exact) mass is 391 g/mol. The number of hydrogen-bond acceptors (Lipinski definition) is 5. The van der Waals surface area contributed by atoms with Gasteiger partial charge in [-0.2, -0.15) is 0 Å². The standard InChI is InChI=1S/C21H21N5O3/c1-25-13-24-21(26(27)28)20(25)23-11-17(14-7-9-15(29-2)10-8-14)18-12-22-19-6-4-3-5-16(18)19/h3-10,12-13,17,22-23H,11H2,1-2H3. The van der Waals surface area contributed by atoms with Gasteiger partial charge in [0.05, 0.1) is 7.11 Å². The van der Waals surface area contributed by atoms with Gasteiger partial charge in [-0.3, -0.25) is 4.57 Å². The first-order chi connectivity index (χ1) is 14.1. The van der Waals surface area contributed by atoms with Gasteiger partial charge in [0.25, 0.3) is 0 Å².